The Bertz CT molecular complexity index is 334. The van der Waals surface area contributed by atoms with Gasteiger partial charge < -0.3 is 10.5 Å². The molecular formula is C11H15NO2. The van der Waals surface area contributed by atoms with E-state index in [9.17, 15) is 4.79 Å². The monoisotopic (exact) mass is 193 g/mol. The van der Waals surface area contributed by atoms with Crippen LogP contribution in [-0.2, 0) is 4.79 Å². The third-order valence-electron chi connectivity index (χ3n) is 2.06. The molecule has 3 nitrogen and oxygen atoms in total. The lowest BCUT2D eigenvalue weighted by atomic mass is 10.1. The number of rotatable bonds is 3. The van der Waals surface area contributed by atoms with Gasteiger partial charge in [0.2, 0.25) is 0 Å². The smallest absolute Gasteiger partial charge is 0.312 e. The number of hydrogen-bond donors (Lipinski definition) is 1. The lowest BCUT2D eigenvalue weighted by Gasteiger charge is -2.05. The lowest BCUT2D eigenvalue weighted by molar-refractivity contribution is -0.134. The Morgan fingerprint density at radius 2 is 2.07 bits per heavy atom. The molecule has 14 heavy (non-hydrogen) atoms. The molecule has 0 bridgehead atoms. The Labute approximate surface area is 83.9 Å². The molecule has 0 aliphatic rings. The van der Waals surface area contributed by atoms with Gasteiger partial charge in [-0.1, -0.05) is 6.07 Å². The molecule has 0 saturated carbocycles. The van der Waals surface area contributed by atoms with E-state index in [0.717, 1.165) is 5.56 Å². The molecule has 0 aliphatic carbocycles. The van der Waals surface area contributed by atoms with Crippen LogP contribution in [-0.4, -0.2) is 12.5 Å². The maximum Gasteiger partial charge on any atom is 0.312 e. The van der Waals surface area contributed by atoms with Gasteiger partial charge in [-0.05, 0) is 37.1 Å². The minimum Gasteiger partial charge on any atom is -0.426 e. The van der Waals surface area contributed by atoms with Crippen LogP contribution in [0.2, 0.25) is 0 Å². The molecule has 2 N–H and O–H groups in total. The Morgan fingerprint density at radius 3 is 2.64 bits per heavy atom. The number of benzene rings is 1. The van der Waals surface area contributed by atoms with Gasteiger partial charge in [-0.2, -0.15) is 0 Å². The first-order valence-corrected chi connectivity index (χ1v) is 4.61. The van der Waals surface area contributed by atoms with E-state index in [2.05, 4.69) is 0 Å². The number of hydrogen-bond acceptors (Lipinski definition) is 3. The van der Waals surface area contributed by atoms with Crippen molar-refractivity contribution >= 4 is 5.97 Å². The first-order valence-electron chi connectivity index (χ1n) is 4.61. The molecule has 0 spiro atoms. The normalized spacial score (nSPS) is 9.93. The Hall–Kier alpha value is -1.35. The predicted molar refractivity (Wildman–Crippen MR) is 55.2 cm³/mol. The average molecular weight is 193 g/mol. The molecule has 0 unspecified atom stereocenters. The Morgan fingerprint density at radius 1 is 1.36 bits per heavy atom. The zero-order valence-electron chi connectivity index (χ0n) is 8.54. The van der Waals surface area contributed by atoms with Gasteiger partial charge in [-0.3, -0.25) is 4.79 Å². The second-order valence-corrected chi connectivity index (χ2v) is 3.26. The number of carbonyl (C=O) groups is 1. The minimum absolute atomic E-state index is 0.257. The van der Waals surface area contributed by atoms with Crippen LogP contribution in [0.1, 0.15) is 17.5 Å². The highest BCUT2D eigenvalue weighted by Gasteiger charge is 2.03. The van der Waals surface area contributed by atoms with Gasteiger partial charge in [0.25, 0.3) is 0 Å². The topological polar surface area (TPSA) is 52.3 Å². The van der Waals surface area contributed by atoms with Crippen LogP contribution in [0.15, 0.2) is 18.2 Å². The summed E-state index contributed by atoms with van der Waals surface area (Å²) in [6.07, 6.45) is 0.257. The number of nitrogens with two attached hydrogens (primary N) is 1. The highest BCUT2D eigenvalue weighted by Crippen LogP contribution is 2.16. The molecule has 0 fully saturated rings. The highest BCUT2D eigenvalue weighted by atomic mass is 16.5. The molecule has 0 radical (unpaired) electrons. The minimum atomic E-state index is -0.282. The number of carbonyl (C=O) groups excluding carboxylic acids is 1. The summed E-state index contributed by atoms with van der Waals surface area (Å²) in [6, 6.07) is 5.57. The number of aryl methyl sites for hydroxylation is 2. The number of ether oxygens (including phenoxy) is 1. The zero-order valence-corrected chi connectivity index (χ0v) is 8.54. The Kier molecular flexibility index (Phi) is 3.65. The van der Waals surface area contributed by atoms with E-state index < -0.39 is 0 Å². The molecule has 1 aromatic rings. The van der Waals surface area contributed by atoms with Gasteiger partial charge in [0, 0.05) is 6.54 Å². The molecule has 0 aliphatic heterocycles. The summed E-state index contributed by atoms with van der Waals surface area (Å²) in [5.74, 6) is 0.308. The van der Waals surface area contributed by atoms with Crippen LogP contribution >= 0.6 is 0 Å². The second kappa shape index (κ2) is 4.77. The van der Waals surface area contributed by atoms with E-state index in [0.29, 0.717) is 12.3 Å². The third-order valence-corrected chi connectivity index (χ3v) is 2.06. The van der Waals surface area contributed by atoms with E-state index in [1.165, 1.54) is 5.56 Å². The van der Waals surface area contributed by atoms with E-state index in [1.807, 2.05) is 26.0 Å². The molecule has 1 aromatic carbocycles. The van der Waals surface area contributed by atoms with Gasteiger partial charge in [0.15, 0.2) is 0 Å². The van der Waals surface area contributed by atoms with Gasteiger partial charge in [0.05, 0.1) is 6.42 Å². The largest absolute Gasteiger partial charge is 0.426 e. The third kappa shape index (κ3) is 2.85. The SMILES string of the molecule is Cc1ccc(OC(=O)CCN)cc1C. The first-order chi connectivity index (χ1) is 6.63. The summed E-state index contributed by atoms with van der Waals surface area (Å²) in [7, 11) is 0. The predicted octanol–water partition coefficient (Wildman–Crippen LogP) is 1.56. The zero-order chi connectivity index (χ0) is 10.6. The van der Waals surface area contributed by atoms with E-state index in [-0.39, 0.29) is 12.4 Å². The van der Waals surface area contributed by atoms with Crippen molar-refractivity contribution in [3.63, 3.8) is 0 Å². The molecule has 3 heteroatoms. The Balaban J connectivity index is 2.68. The molecule has 1 rings (SSSR count). The quantitative estimate of drug-likeness (QED) is 0.585. The summed E-state index contributed by atoms with van der Waals surface area (Å²) < 4.78 is 5.07. The molecular weight excluding hydrogens is 178 g/mol. The number of esters is 1. The molecule has 0 heterocycles. The van der Waals surface area contributed by atoms with Gasteiger partial charge in [-0.25, -0.2) is 0 Å². The van der Waals surface area contributed by atoms with Gasteiger partial charge >= 0.3 is 5.97 Å². The van der Waals surface area contributed by atoms with Crippen molar-refractivity contribution in [2.24, 2.45) is 5.73 Å². The van der Waals surface area contributed by atoms with Crippen molar-refractivity contribution in [3.8, 4) is 5.75 Å². The summed E-state index contributed by atoms with van der Waals surface area (Å²) >= 11 is 0. The van der Waals surface area contributed by atoms with Crippen LogP contribution in [0.4, 0.5) is 0 Å². The molecule has 0 amide bonds. The summed E-state index contributed by atoms with van der Waals surface area (Å²) in [4.78, 5) is 11.1. The van der Waals surface area contributed by atoms with Crippen molar-refractivity contribution in [2.45, 2.75) is 20.3 Å². The first kappa shape index (κ1) is 10.7. The highest BCUT2D eigenvalue weighted by molar-refractivity contribution is 5.72. The van der Waals surface area contributed by atoms with Crippen LogP contribution < -0.4 is 10.5 Å². The maximum atomic E-state index is 11.1. The van der Waals surface area contributed by atoms with Gasteiger partial charge in [0.1, 0.15) is 5.75 Å². The van der Waals surface area contributed by atoms with Crippen LogP contribution in [0.25, 0.3) is 0 Å². The van der Waals surface area contributed by atoms with Crippen molar-refractivity contribution in [1.82, 2.24) is 0 Å². The van der Waals surface area contributed by atoms with Crippen molar-refractivity contribution in [1.29, 1.82) is 0 Å². The second-order valence-electron chi connectivity index (χ2n) is 3.26. The van der Waals surface area contributed by atoms with Crippen LogP contribution in [0, 0.1) is 13.8 Å². The van der Waals surface area contributed by atoms with Crippen molar-refractivity contribution in [2.75, 3.05) is 6.54 Å². The average Bonchev–Trinajstić information content (AvgIpc) is 2.12. The fraction of sp³-hybridized carbons (Fsp3) is 0.364. The summed E-state index contributed by atoms with van der Waals surface area (Å²) in [6.45, 7) is 4.32. The molecule has 0 aromatic heterocycles. The lowest BCUT2D eigenvalue weighted by Crippen LogP contribution is -2.13. The van der Waals surface area contributed by atoms with E-state index in [1.54, 1.807) is 6.07 Å². The summed E-state index contributed by atoms with van der Waals surface area (Å²) in [5, 5.41) is 0. The fourth-order valence-electron chi connectivity index (χ4n) is 1.08. The van der Waals surface area contributed by atoms with E-state index >= 15 is 0 Å². The van der Waals surface area contributed by atoms with Crippen molar-refractivity contribution < 1.29 is 9.53 Å². The molecule has 0 atom stereocenters. The van der Waals surface area contributed by atoms with E-state index in [4.69, 9.17) is 10.5 Å². The molecule has 0 saturated heterocycles. The van der Waals surface area contributed by atoms with Crippen LogP contribution in [0.3, 0.4) is 0 Å². The molecule has 76 valence electrons. The van der Waals surface area contributed by atoms with Crippen LogP contribution in [0.5, 0.6) is 5.75 Å². The van der Waals surface area contributed by atoms with Gasteiger partial charge in [-0.15, -0.1) is 0 Å². The summed E-state index contributed by atoms with van der Waals surface area (Å²) in [5.41, 5.74) is 7.53. The van der Waals surface area contributed by atoms with Crippen molar-refractivity contribution in [3.05, 3.63) is 29.3 Å². The fourth-order valence-corrected chi connectivity index (χ4v) is 1.08. The maximum absolute atomic E-state index is 11.1. The standard InChI is InChI=1S/C11H15NO2/c1-8-3-4-10(7-9(8)2)14-11(13)5-6-12/h3-4,7H,5-6,12H2,1-2H3.